The average Bonchev–Trinajstić information content (AvgIpc) is 1.89. The zero-order valence-electron chi connectivity index (χ0n) is 6.99. The summed E-state index contributed by atoms with van der Waals surface area (Å²) in [5, 5.41) is 17.0. The molecule has 5 heteroatoms. The van der Waals surface area contributed by atoms with Crippen molar-refractivity contribution < 1.29 is 53.9 Å². The number of ether oxygens (including phenoxy) is 1. The first kappa shape index (κ1) is 18.0. The van der Waals surface area contributed by atoms with Gasteiger partial charge in [0, 0.05) is 45.6 Å². The molecule has 0 aromatic carbocycles. The van der Waals surface area contributed by atoms with Gasteiger partial charge in [-0.1, -0.05) is 6.92 Å². The van der Waals surface area contributed by atoms with Gasteiger partial charge < -0.3 is 14.9 Å². The molecule has 0 saturated heterocycles. The molecule has 59 valence electrons. The second kappa shape index (κ2) is 13.7. The molecule has 1 radical (unpaired) electrons. The van der Waals surface area contributed by atoms with Gasteiger partial charge in [-0.15, -0.1) is 0 Å². The summed E-state index contributed by atoms with van der Waals surface area (Å²) in [6, 6.07) is 0. The number of rotatable bonds is 5. The maximum atomic E-state index is 8.70. The fraction of sp³-hybridized carbons (Fsp3) is 0.833. The zero-order valence-corrected chi connectivity index (χ0v) is 12.9. The number of aliphatic hydroxyl groups excluding tert-OH is 2. The Bertz CT molecular complexity index is 63.8. The van der Waals surface area contributed by atoms with Gasteiger partial charge in [-0.3, -0.25) is 0 Å². The van der Waals surface area contributed by atoms with Gasteiger partial charge >= 0.3 is 0 Å². The third-order valence-corrected chi connectivity index (χ3v) is 0.806. The van der Waals surface area contributed by atoms with Crippen LogP contribution in [-0.4, -0.2) is 36.1 Å². The zero-order chi connectivity index (χ0) is 7.11. The van der Waals surface area contributed by atoms with E-state index in [0.29, 0.717) is 6.61 Å². The summed E-state index contributed by atoms with van der Waals surface area (Å²) in [6.45, 7) is 2.37. The van der Waals surface area contributed by atoms with Gasteiger partial charge in [0.25, 0.3) is 0 Å². The predicted octanol–water partition coefficient (Wildman–Crippen LogP) is -0.425. The molecule has 0 rings (SSSR count). The molecule has 0 aliphatic carbocycles. The van der Waals surface area contributed by atoms with E-state index in [-0.39, 0.29) is 52.2 Å². The summed E-state index contributed by atoms with van der Waals surface area (Å²) in [7, 11) is 0. The minimum Gasteiger partial charge on any atom is -0.394 e. The van der Waals surface area contributed by atoms with Crippen LogP contribution in [-0.2, 0) is 43.7 Å². The topological polar surface area (TPSA) is 49.7 Å². The van der Waals surface area contributed by atoms with E-state index < -0.39 is 6.10 Å². The molecule has 0 saturated carbocycles. The minimum atomic E-state index is -0.732. The molecule has 2 N–H and O–H groups in total. The first-order valence-corrected chi connectivity index (χ1v) is 2.95. The Labute approximate surface area is 93.0 Å². The van der Waals surface area contributed by atoms with Crippen molar-refractivity contribution in [1.82, 2.24) is 0 Å². The second-order valence-electron chi connectivity index (χ2n) is 1.78. The van der Waals surface area contributed by atoms with Gasteiger partial charge in [0.2, 0.25) is 0 Å². The average molecular weight is 264 g/mol. The Hall–Kier alpha value is 1.13. The van der Waals surface area contributed by atoms with E-state index in [1.54, 1.807) is 0 Å². The van der Waals surface area contributed by atoms with Crippen molar-refractivity contribution in [3.05, 3.63) is 6.42 Å². The molecule has 1 atom stereocenters. The Morgan fingerprint density at radius 3 is 2.36 bits per heavy atom. The largest absolute Gasteiger partial charge is 0.394 e. The molecule has 0 fully saturated rings. The summed E-state index contributed by atoms with van der Waals surface area (Å²) in [6.07, 6.45) is 1.11. The maximum Gasteiger partial charge on any atom is 0.100 e. The van der Waals surface area contributed by atoms with Gasteiger partial charge in [0.05, 0.1) is 13.2 Å². The van der Waals surface area contributed by atoms with Crippen LogP contribution < -0.4 is 0 Å². The predicted molar refractivity (Wildman–Crippen MR) is 33.9 cm³/mol. The molecule has 3 nitrogen and oxygen atoms in total. The van der Waals surface area contributed by atoms with E-state index in [1.165, 1.54) is 0 Å². The summed E-state index contributed by atoms with van der Waals surface area (Å²) < 4.78 is 4.87. The van der Waals surface area contributed by atoms with Crippen molar-refractivity contribution in [2.24, 2.45) is 0 Å². The van der Waals surface area contributed by atoms with E-state index >= 15 is 0 Å². The fourth-order valence-corrected chi connectivity index (χ4v) is 0.375. The number of aliphatic hydroxyl groups is 2. The molecule has 0 aliphatic heterocycles. The Morgan fingerprint density at radius 1 is 1.45 bits per heavy atom. The Balaban J connectivity index is -0.000000320. The molecule has 0 bridgehead atoms. The van der Waals surface area contributed by atoms with Crippen LogP contribution in [0.3, 0.4) is 0 Å². The van der Waals surface area contributed by atoms with Crippen molar-refractivity contribution >= 4 is 0 Å². The fourth-order valence-electron chi connectivity index (χ4n) is 0.375. The van der Waals surface area contributed by atoms with Crippen LogP contribution in [0.5, 0.6) is 0 Å². The molecule has 0 aliphatic rings. The van der Waals surface area contributed by atoms with Gasteiger partial charge in [0.1, 0.15) is 6.10 Å². The summed E-state index contributed by atoms with van der Waals surface area (Å²) >= 11 is 0. The summed E-state index contributed by atoms with van der Waals surface area (Å²) in [5.41, 5.74) is 0. The molecule has 0 amide bonds. The van der Waals surface area contributed by atoms with Gasteiger partial charge in [0.15, 0.2) is 0 Å². The maximum absolute atomic E-state index is 8.70. The second-order valence-corrected chi connectivity index (χ2v) is 1.78. The molecule has 0 aromatic heterocycles. The van der Waals surface area contributed by atoms with Crippen LogP contribution in [0.1, 0.15) is 6.92 Å². The first-order chi connectivity index (χ1) is 4.31. The van der Waals surface area contributed by atoms with Crippen molar-refractivity contribution in [2.45, 2.75) is 13.0 Å². The number of hydrogen-bond donors (Lipinski definition) is 2. The van der Waals surface area contributed by atoms with Crippen LogP contribution in [0.25, 0.3) is 0 Å². The van der Waals surface area contributed by atoms with E-state index in [0.717, 1.165) is 0 Å². The van der Waals surface area contributed by atoms with Crippen LogP contribution >= 0.6 is 0 Å². The van der Waals surface area contributed by atoms with Gasteiger partial charge in [-0.2, -0.15) is 0 Å². The van der Waals surface area contributed by atoms with Crippen molar-refractivity contribution in [1.29, 1.82) is 0 Å². The van der Waals surface area contributed by atoms with Crippen LogP contribution in [0.15, 0.2) is 0 Å². The number of hydrogen-bond acceptors (Lipinski definition) is 3. The molecule has 11 heavy (non-hydrogen) atoms. The molecule has 0 heterocycles. The summed E-state index contributed by atoms with van der Waals surface area (Å²) in [5.74, 6) is 0. The van der Waals surface area contributed by atoms with Crippen molar-refractivity contribution in [3.63, 3.8) is 0 Å². The molecule has 1 unspecified atom stereocenters. The van der Waals surface area contributed by atoms with Crippen LogP contribution in [0, 0.1) is 6.42 Å². The van der Waals surface area contributed by atoms with Gasteiger partial charge in [-0.05, 0) is 6.42 Å². The third-order valence-electron chi connectivity index (χ3n) is 0.806. The normalized spacial score (nSPS) is 11.2. The Kier molecular flexibility index (Phi) is 22.4. The standard InChI is InChI=1S/C6H13O3.2Zn/c1-2-3-9-5-6(8)4-7;;/h2,6-8H,3-5H2,1H3;;. The molecular weight excluding hydrogens is 251 g/mol. The Morgan fingerprint density at radius 2 is 2.00 bits per heavy atom. The first-order valence-electron chi connectivity index (χ1n) is 2.95. The van der Waals surface area contributed by atoms with Crippen molar-refractivity contribution in [2.75, 3.05) is 19.8 Å². The van der Waals surface area contributed by atoms with E-state index in [1.807, 2.05) is 13.3 Å². The van der Waals surface area contributed by atoms with Gasteiger partial charge in [-0.25, -0.2) is 0 Å². The van der Waals surface area contributed by atoms with Crippen LogP contribution in [0.4, 0.5) is 0 Å². The smallest absolute Gasteiger partial charge is 0.100 e. The molecule has 0 spiro atoms. The van der Waals surface area contributed by atoms with E-state index in [4.69, 9.17) is 14.9 Å². The molecular formula is C6H13O3Zn2. The third kappa shape index (κ3) is 14.0. The molecule has 0 aromatic rings. The van der Waals surface area contributed by atoms with Crippen molar-refractivity contribution in [3.8, 4) is 0 Å². The minimum absolute atomic E-state index is 0. The SMILES string of the molecule is C[CH]COCC(O)CO.[Zn].[Zn]. The quantitative estimate of drug-likeness (QED) is 0.523. The van der Waals surface area contributed by atoms with E-state index in [9.17, 15) is 0 Å². The monoisotopic (exact) mass is 261 g/mol. The van der Waals surface area contributed by atoms with E-state index in [2.05, 4.69) is 0 Å². The van der Waals surface area contributed by atoms with Crippen LogP contribution in [0.2, 0.25) is 0 Å². The summed E-state index contributed by atoms with van der Waals surface area (Å²) in [4.78, 5) is 0.